The number of hydrogen-bond donors (Lipinski definition) is 0. The zero-order chi connectivity index (χ0) is 13.4. The van der Waals surface area contributed by atoms with Gasteiger partial charge in [0.05, 0.1) is 18.2 Å². The Morgan fingerprint density at radius 3 is 2.61 bits per heavy atom. The number of alkyl halides is 1. The van der Waals surface area contributed by atoms with E-state index in [0.29, 0.717) is 5.88 Å². The van der Waals surface area contributed by atoms with E-state index in [1.165, 1.54) is 19.3 Å². The summed E-state index contributed by atoms with van der Waals surface area (Å²) >= 11 is 9.32. The molecule has 4 heteroatoms. The highest BCUT2D eigenvalue weighted by molar-refractivity contribution is 9.10. The molecule has 0 aliphatic carbocycles. The third-order valence-electron chi connectivity index (χ3n) is 2.69. The quantitative estimate of drug-likeness (QED) is 0.483. The molecular formula is C14H20BrClO2. The molecule has 102 valence electrons. The third kappa shape index (κ3) is 4.69. The second-order valence-electron chi connectivity index (χ2n) is 4.15. The van der Waals surface area contributed by atoms with Gasteiger partial charge in [0.25, 0.3) is 0 Å². The Kier molecular flexibility index (Phi) is 7.52. The van der Waals surface area contributed by atoms with Crippen LogP contribution >= 0.6 is 27.5 Å². The first-order valence-corrected chi connectivity index (χ1v) is 7.60. The lowest BCUT2D eigenvalue weighted by atomic mass is 10.2. The summed E-state index contributed by atoms with van der Waals surface area (Å²) < 4.78 is 12.0. The van der Waals surface area contributed by atoms with Gasteiger partial charge in [-0.2, -0.15) is 0 Å². The van der Waals surface area contributed by atoms with Gasteiger partial charge in [0.2, 0.25) is 0 Å². The van der Waals surface area contributed by atoms with Gasteiger partial charge < -0.3 is 9.47 Å². The minimum Gasteiger partial charge on any atom is -0.493 e. The molecule has 0 saturated carbocycles. The van der Waals surface area contributed by atoms with Crippen molar-refractivity contribution in [3.63, 3.8) is 0 Å². The highest BCUT2D eigenvalue weighted by Crippen LogP contribution is 2.37. The van der Waals surface area contributed by atoms with Crippen LogP contribution in [0.3, 0.4) is 0 Å². The Morgan fingerprint density at radius 1 is 1.22 bits per heavy atom. The SMILES string of the molecule is CCCCCCOc1c(Br)cc(CCl)cc1OC. The summed E-state index contributed by atoms with van der Waals surface area (Å²) in [5.74, 6) is 1.96. The van der Waals surface area contributed by atoms with E-state index in [0.717, 1.165) is 34.6 Å². The fourth-order valence-corrected chi connectivity index (χ4v) is 2.45. The summed E-state index contributed by atoms with van der Waals surface area (Å²) in [6.07, 6.45) is 4.77. The average molecular weight is 336 g/mol. The third-order valence-corrected chi connectivity index (χ3v) is 3.59. The summed E-state index contributed by atoms with van der Waals surface area (Å²) in [4.78, 5) is 0. The van der Waals surface area contributed by atoms with E-state index >= 15 is 0 Å². The molecule has 0 N–H and O–H groups in total. The Morgan fingerprint density at radius 2 is 2.00 bits per heavy atom. The first-order valence-electron chi connectivity index (χ1n) is 6.28. The summed E-state index contributed by atoms with van der Waals surface area (Å²) in [5.41, 5.74) is 1.01. The van der Waals surface area contributed by atoms with Gasteiger partial charge in [0.15, 0.2) is 11.5 Å². The molecule has 0 heterocycles. The minimum absolute atomic E-state index is 0.464. The van der Waals surface area contributed by atoms with Crippen molar-refractivity contribution < 1.29 is 9.47 Å². The van der Waals surface area contributed by atoms with Gasteiger partial charge >= 0.3 is 0 Å². The van der Waals surface area contributed by atoms with Gasteiger partial charge in [-0.3, -0.25) is 0 Å². The number of methoxy groups -OCH3 is 1. The van der Waals surface area contributed by atoms with E-state index in [1.54, 1.807) is 7.11 Å². The Hall–Kier alpha value is -0.410. The van der Waals surface area contributed by atoms with Gasteiger partial charge in [-0.25, -0.2) is 0 Å². The molecule has 0 radical (unpaired) electrons. The molecule has 0 aliphatic rings. The normalized spacial score (nSPS) is 10.4. The van der Waals surface area contributed by atoms with Crippen LogP contribution in [-0.4, -0.2) is 13.7 Å². The van der Waals surface area contributed by atoms with Crippen molar-refractivity contribution in [1.29, 1.82) is 0 Å². The number of unbranched alkanes of at least 4 members (excludes halogenated alkanes) is 3. The Bertz CT molecular complexity index is 369. The van der Waals surface area contributed by atoms with E-state index < -0.39 is 0 Å². The van der Waals surface area contributed by atoms with Crippen LogP contribution in [0.1, 0.15) is 38.2 Å². The predicted molar refractivity (Wildman–Crippen MR) is 79.9 cm³/mol. The number of rotatable bonds is 8. The van der Waals surface area contributed by atoms with E-state index in [-0.39, 0.29) is 0 Å². The molecule has 0 bridgehead atoms. The molecule has 0 amide bonds. The molecule has 1 aromatic carbocycles. The molecule has 0 aromatic heterocycles. The first-order chi connectivity index (χ1) is 8.72. The molecule has 0 atom stereocenters. The van der Waals surface area contributed by atoms with E-state index in [2.05, 4.69) is 22.9 Å². The van der Waals surface area contributed by atoms with E-state index in [4.69, 9.17) is 21.1 Å². The maximum Gasteiger partial charge on any atom is 0.175 e. The molecule has 1 aromatic rings. The molecule has 0 aliphatic heterocycles. The van der Waals surface area contributed by atoms with Gasteiger partial charge in [-0.05, 0) is 40.0 Å². The van der Waals surface area contributed by atoms with Crippen molar-refractivity contribution in [3.8, 4) is 11.5 Å². The lowest BCUT2D eigenvalue weighted by Crippen LogP contribution is -2.01. The molecule has 1 rings (SSSR count). The van der Waals surface area contributed by atoms with Gasteiger partial charge in [0, 0.05) is 5.88 Å². The van der Waals surface area contributed by atoms with Gasteiger partial charge in [-0.15, -0.1) is 11.6 Å². The number of ether oxygens (including phenoxy) is 2. The van der Waals surface area contributed by atoms with Crippen molar-refractivity contribution >= 4 is 27.5 Å². The highest BCUT2D eigenvalue weighted by Gasteiger charge is 2.11. The average Bonchev–Trinajstić information content (AvgIpc) is 2.39. The first kappa shape index (κ1) is 15.6. The second kappa shape index (κ2) is 8.65. The smallest absolute Gasteiger partial charge is 0.175 e. The van der Waals surface area contributed by atoms with Crippen LogP contribution in [0.4, 0.5) is 0 Å². The maximum atomic E-state index is 5.82. The van der Waals surface area contributed by atoms with Crippen LogP contribution in [0.2, 0.25) is 0 Å². The summed E-state index contributed by atoms with van der Waals surface area (Å²) in [5, 5.41) is 0. The van der Waals surface area contributed by atoms with Crippen LogP contribution in [-0.2, 0) is 5.88 Å². The minimum atomic E-state index is 0.464. The van der Waals surface area contributed by atoms with E-state index in [9.17, 15) is 0 Å². The standard InChI is InChI=1S/C14H20BrClO2/c1-3-4-5-6-7-18-14-12(15)8-11(10-16)9-13(14)17-2/h8-9H,3-7,10H2,1-2H3. The molecular weight excluding hydrogens is 316 g/mol. The highest BCUT2D eigenvalue weighted by atomic mass is 79.9. The maximum absolute atomic E-state index is 5.82. The number of halogens is 2. The molecule has 0 spiro atoms. The van der Waals surface area contributed by atoms with Crippen LogP contribution in [0.5, 0.6) is 11.5 Å². The van der Waals surface area contributed by atoms with Gasteiger partial charge in [0.1, 0.15) is 0 Å². The Balaban J connectivity index is 2.63. The fourth-order valence-electron chi connectivity index (χ4n) is 1.69. The monoisotopic (exact) mass is 334 g/mol. The molecule has 0 unspecified atom stereocenters. The lowest BCUT2D eigenvalue weighted by Gasteiger charge is -2.13. The summed E-state index contributed by atoms with van der Waals surface area (Å²) in [6, 6.07) is 3.88. The van der Waals surface area contributed by atoms with E-state index in [1.807, 2.05) is 12.1 Å². The van der Waals surface area contributed by atoms with Crippen molar-refractivity contribution in [2.24, 2.45) is 0 Å². The molecule has 2 nitrogen and oxygen atoms in total. The molecule has 18 heavy (non-hydrogen) atoms. The zero-order valence-corrected chi connectivity index (χ0v) is 13.3. The fraction of sp³-hybridized carbons (Fsp3) is 0.571. The lowest BCUT2D eigenvalue weighted by molar-refractivity contribution is 0.283. The molecule has 0 fully saturated rings. The van der Waals surface area contributed by atoms with Gasteiger partial charge in [-0.1, -0.05) is 26.2 Å². The molecule has 0 saturated heterocycles. The van der Waals surface area contributed by atoms with Crippen molar-refractivity contribution in [2.75, 3.05) is 13.7 Å². The Labute approximate surface area is 123 Å². The van der Waals surface area contributed by atoms with Crippen molar-refractivity contribution in [3.05, 3.63) is 22.2 Å². The predicted octanol–water partition coefficient (Wildman–Crippen LogP) is 5.16. The van der Waals surface area contributed by atoms with Crippen LogP contribution in [0.25, 0.3) is 0 Å². The summed E-state index contributed by atoms with van der Waals surface area (Å²) in [7, 11) is 1.64. The topological polar surface area (TPSA) is 18.5 Å². The van der Waals surface area contributed by atoms with Crippen LogP contribution < -0.4 is 9.47 Å². The number of hydrogen-bond acceptors (Lipinski definition) is 2. The second-order valence-corrected chi connectivity index (χ2v) is 5.27. The van der Waals surface area contributed by atoms with Crippen LogP contribution in [0.15, 0.2) is 16.6 Å². The van der Waals surface area contributed by atoms with Crippen LogP contribution in [0, 0.1) is 0 Å². The number of benzene rings is 1. The van der Waals surface area contributed by atoms with Crippen molar-refractivity contribution in [2.45, 2.75) is 38.5 Å². The largest absolute Gasteiger partial charge is 0.493 e. The zero-order valence-electron chi connectivity index (χ0n) is 11.0. The van der Waals surface area contributed by atoms with Crippen molar-refractivity contribution in [1.82, 2.24) is 0 Å². The summed E-state index contributed by atoms with van der Waals surface area (Å²) in [6.45, 7) is 2.92.